The smallest absolute Gasteiger partial charge is 0.373 e. The summed E-state index contributed by atoms with van der Waals surface area (Å²) in [5, 5.41) is 3.32. The Morgan fingerprint density at radius 1 is 1.44 bits per heavy atom. The van der Waals surface area contributed by atoms with E-state index in [4.69, 9.17) is 9.15 Å². The highest BCUT2D eigenvalue weighted by molar-refractivity contribution is 5.86. The summed E-state index contributed by atoms with van der Waals surface area (Å²) in [6.07, 6.45) is 2.32. The zero-order valence-electron chi connectivity index (χ0n) is 10.6. The highest BCUT2D eigenvalue weighted by atomic mass is 16.5. The largest absolute Gasteiger partial charge is 0.463 e. The van der Waals surface area contributed by atoms with Crippen LogP contribution in [0.5, 0.6) is 0 Å². The Balaban J connectivity index is 1.72. The van der Waals surface area contributed by atoms with Gasteiger partial charge in [-0.05, 0) is 44.0 Å². The number of methoxy groups -OCH3 is 1. The Kier molecular flexibility index (Phi) is 4.78. The van der Waals surface area contributed by atoms with E-state index < -0.39 is 5.97 Å². The van der Waals surface area contributed by atoms with Gasteiger partial charge in [0.1, 0.15) is 12.4 Å². The average Bonchev–Trinajstić information content (AvgIpc) is 2.88. The number of piperidine rings is 1. The van der Waals surface area contributed by atoms with E-state index in [9.17, 15) is 4.79 Å². The minimum absolute atomic E-state index is 0.220. The number of esters is 1. The molecule has 1 fully saturated rings. The molecule has 100 valence electrons. The second-order valence-corrected chi connectivity index (χ2v) is 4.47. The van der Waals surface area contributed by atoms with E-state index in [1.165, 1.54) is 7.11 Å². The monoisotopic (exact) mass is 253 g/mol. The van der Waals surface area contributed by atoms with Crippen LogP contribution in [0.15, 0.2) is 16.5 Å². The predicted molar refractivity (Wildman–Crippen MR) is 65.3 cm³/mol. The average molecular weight is 253 g/mol. The first kappa shape index (κ1) is 13.1. The Bertz CT molecular complexity index is 382. The van der Waals surface area contributed by atoms with Crippen molar-refractivity contribution < 1.29 is 18.7 Å². The van der Waals surface area contributed by atoms with Crippen LogP contribution in [0.25, 0.3) is 0 Å². The SMILES string of the molecule is COC(=O)c1ccc(COCC2CCNCC2)o1. The molecule has 18 heavy (non-hydrogen) atoms. The van der Waals surface area contributed by atoms with Crippen LogP contribution in [0, 0.1) is 5.92 Å². The Labute approximate surface area is 106 Å². The quantitative estimate of drug-likeness (QED) is 0.807. The van der Waals surface area contributed by atoms with Gasteiger partial charge in [-0.1, -0.05) is 0 Å². The van der Waals surface area contributed by atoms with Crippen molar-refractivity contribution in [3.05, 3.63) is 23.7 Å². The molecule has 0 aliphatic carbocycles. The van der Waals surface area contributed by atoms with E-state index in [0.717, 1.165) is 32.5 Å². The fourth-order valence-electron chi connectivity index (χ4n) is 2.04. The lowest BCUT2D eigenvalue weighted by Gasteiger charge is -2.21. The van der Waals surface area contributed by atoms with Crippen molar-refractivity contribution >= 4 is 5.97 Å². The molecular formula is C13H19NO4. The highest BCUT2D eigenvalue weighted by Crippen LogP contribution is 2.14. The number of hydrogen-bond acceptors (Lipinski definition) is 5. The van der Waals surface area contributed by atoms with Gasteiger partial charge in [0.25, 0.3) is 0 Å². The van der Waals surface area contributed by atoms with E-state index in [0.29, 0.717) is 18.3 Å². The van der Waals surface area contributed by atoms with Gasteiger partial charge < -0.3 is 19.2 Å². The van der Waals surface area contributed by atoms with Crippen molar-refractivity contribution in [2.24, 2.45) is 5.92 Å². The number of rotatable bonds is 5. The van der Waals surface area contributed by atoms with E-state index in [-0.39, 0.29) is 5.76 Å². The molecule has 1 saturated heterocycles. The molecule has 0 atom stereocenters. The van der Waals surface area contributed by atoms with E-state index in [2.05, 4.69) is 10.1 Å². The number of carbonyl (C=O) groups is 1. The van der Waals surface area contributed by atoms with Gasteiger partial charge in [-0.3, -0.25) is 0 Å². The van der Waals surface area contributed by atoms with Crippen molar-refractivity contribution in [3.8, 4) is 0 Å². The van der Waals surface area contributed by atoms with Gasteiger partial charge in [-0.25, -0.2) is 4.79 Å². The van der Waals surface area contributed by atoms with E-state index in [1.54, 1.807) is 12.1 Å². The van der Waals surface area contributed by atoms with Gasteiger partial charge in [0.05, 0.1) is 13.7 Å². The van der Waals surface area contributed by atoms with Crippen molar-refractivity contribution in [2.75, 3.05) is 26.8 Å². The number of ether oxygens (including phenoxy) is 2. The van der Waals surface area contributed by atoms with Crippen molar-refractivity contribution in [1.29, 1.82) is 0 Å². The molecule has 1 aliphatic heterocycles. The molecule has 0 bridgehead atoms. The third kappa shape index (κ3) is 3.58. The number of carbonyl (C=O) groups excluding carboxylic acids is 1. The van der Waals surface area contributed by atoms with Crippen LogP contribution >= 0.6 is 0 Å². The van der Waals surface area contributed by atoms with Crippen LogP contribution in [0.1, 0.15) is 29.2 Å². The molecule has 0 amide bonds. The Hall–Kier alpha value is -1.33. The van der Waals surface area contributed by atoms with Crippen LogP contribution in [0.4, 0.5) is 0 Å². The first-order valence-electron chi connectivity index (χ1n) is 6.25. The second-order valence-electron chi connectivity index (χ2n) is 4.47. The summed E-state index contributed by atoms with van der Waals surface area (Å²) in [6, 6.07) is 3.35. The zero-order chi connectivity index (χ0) is 12.8. The molecule has 5 nitrogen and oxygen atoms in total. The van der Waals surface area contributed by atoms with Crippen LogP contribution in [0.3, 0.4) is 0 Å². The summed E-state index contributed by atoms with van der Waals surface area (Å²) < 4.78 is 15.5. The van der Waals surface area contributed by atoms with Crippen LogP contribution in [-0.4, -0.2) is 32.8 Å². The lowest BCUT2D eigenvalue weighted by atomic mass is 9.99. The maximum absolute atomic E-state index is 11.2. The standard InChI is InChI=1S/C13H19NO4/c1-16-13(15)12-3-2-11(18-12)9-17-8-10-4-6-14-7-5-10/h2-3,10,14H,4-9H2,1H3. The lowest BCUT2D eigenvalue weighted by Crippen LogP contribution is -2.29. The molecule has 1 aromatic heterocycles. The molecule has 1 N–H and O–H groups in total. The summed E-state index contributed by atoms with van der Waals surface area (Å²) in [5.74, 6) is 1.04. The molecule has 0 spiro atoms. The number of furan rings is 1. The maximum atomic E-state index is 11.2. The summed E-state index contributed by atoms with van der Waals surface area (Å²) in [5.41, 5.74) is 0. The van der Waals surface area contributed by atoms with E-state index in [1.807, 2.05) is 0 Å². The lowest BCUT2D eigenvalue weighted by molar-refractivity contribution is 0.0526. The van der Waals surface area contributed by atoms with Gasteiger partial charge in [0.2, 0.25) is 5.76 Å². The van der Waals surface area contributed by atoms with Crippen LogP contribution in [0.2, 0.25) is 0 Å². The zero-order valence-corrected chi connectivity index (χ0v) is 10.6. The Morgan fingerprint density at radius 3 is 2.94 bits per heavy atom. The molecule has 2 heterocycles. The van der Waals surface area contributed by atoms with Crippen LogP contribution in [-0.2, 0) is 16.1 Å². The van der Waals surface area contributed by atoms with Gasteiger partial charge >= 0.3 is 5.97 Å². The highest BCUT2D eigenvalue weighted by Gasteiger charge is 2.14. The summed E-state index contributed by atoms with van der Waals surface area (Å²) in [7, 11) is 1.33. The minimum Gasteiger partial charge on any atom is -0.463 e. The third-order valence-electron chi connectivity index (χ3n) is 3.10. The van der Waals surface area contributed by atoms with Crippen molar-refractivity contribution in [1.82, 2.24) is 5.32 Å². The molecule has 0 unspecified atom stereocenters. The fourth-order valence-corrected chi connectivity index (χ4v) is 2.04. The topological polar surface area (TPSA) is 60.7 Å². The van der Waals surface area contributed by atoms with Gasteiger partial charge in [0.15, 0.2) is 0 Å². The molecule has 0 radical (unpaired) electrons. The summed E-state index contributed by atoms with van der Waals surface area (Å²) in [6.45, 7) is 3.29. The maximum Gasteiger partial charge on any atom is 0.373 e. The molecule has 2 rings (SSSR count). The van der Waals surface area contributed by atoms with Gasteiger partial charge in [-0.15, -0.1) is 0 Å². The van der Waals surface area contributed by atoms with Crippen molar-refractivity contribution in [2.45, 2.75) is 19.4 Å². The first-order chi connectivity index (χ1) is 8.79. The van der Waals surface area contributed by atoms with Crippen molar-refractivity contribution in [3.63, 3.8) is 0 Å². The number of hydrogen-bond donors (Lipinski definition) is 1. The van der Waals surface area contributed by atoms with Crippen LogP contribution < -0.4 is 5.32 Å². The predicted octanol–water partition coefficient (Wildman–Crippen LogP) is 1.58. The Morgan fingerprint density at radius 2 is 2.22 bits per heavy atom. The normalized spacial score (nSPS) is 16.7. The molecule has 1 aromatic rings. The van der Waals surface area contributed by atoms with E-state index >= 15 is 0 Å². The summed E-state index contributed by atoms with van der Waals surface area (Å²) >= 11 is 0. The molecule has 0 saturated carbocycles. The second kappa shape index (κ2) is 6.56. The number of nitrogens with one attached hydrogen (secondary N) is 1. The third-order valence-corrected chi connectivity index (χ3v) is 3.10. The fraction of sp³-hybridized carbons (Fsp3) is 0.615. The van der Waals surface area contributed by atoms with Gasteiger partial charge in [-0.2, -0.15) is 0 Å². The molecule has 1 aliphatic rings. The first-order valence-corrected chi connectivity index (χ1v) is 6.25. The van der Waals surface area contributed by atoms with Gasteiger partial charge in [0, 0.05) is 0 Å². The molecule has 5 heteroatoms. The molecular weight excluding hydrogens is 234 g/mol. The minimum atomic E-state index is -0.459. The molecule has 0 aromatic carbocycles. The summed E-state index contributed by atoms with van der Waals surface area (Å²) in [4.78, 5) is 11.2.